The van der Waals surface area contributed by atoms with Gasteiger partial charge < -0.3 is 19.4 Å². The zero-order valence-electron chi connectivity index (χ0n) is 14.9. The van der Waals surface area contributed by atoms with Crippen LogP contribution in [0, 0.1) is 0 Å². The van der Waals surface area contributed by atoms with Gasteiger partial charge in [-0.25, -0.2) is 0 Å². The molecule has 0 saturated carbocycles. The number of anilines is 1. The lowest BCUT2D eigenvalue weighted by atomic mass is 10.2. The smallest absolute Gasteiger partial charge is 0.253 e. The Balaban J connectivity index is 1.74. The van der Waals surface area contributed by atoms with Gasteiger partial charge in [-0.1, -0.05) is 23.7 Å². The summed E-state index contributed by atoms with van der Waals surface area (Å²) in [4.78, 5) is 14.6. The highest BCUT2D eigenvalue weighted by molar-refractivity contribution is 6.30. The molecule has 0 bridgehead atoms. The van der Waals surface area contributed by atoms with Crippen LogP contribution in [-0.2, 0) is 11.3 Å². The standard InChI is InChI=1S/C20H22ClN3O2/c1-23(11-12-26-2)19-10-9-18-8-5-16(14-24(18)19)20(25)22-13-15-3-6-17(21)7-4-15/h3-10,14H,11-13H2,1-2H3,(H,22,25). The zero-order chi connectivity index (χ0) is 18.5. The van der Waals surface area contributed by atoms with E-state index in [1.165, 1.54) is 0 Å². The average Bonchev–Trinajstić information content (AvgIpc) is 3.08. The molecule has 1 amide bonds. The Morgan fingerprint density at radius 1 is 1.15 bits per heavy atom. The molecule has 0 radical (unpaired) electrons. The molecule has 0 saturated heterocycles. The monoisotopic (exact) mass is 371 g/mol. The highest BCUT2D eigenvalue weighted by Gasteiger charge is 2.11. The number of fused-ring (bicyclic) bond motifs is 1. The van der Waals surface area contributed by atoms with E-state index in [9.17, 15) is 4.79 Å². The third-order valence-electron chi connectivity index (χ3n) is 4.28. The molecule has 0 aliphatic rings. The van der Waals surface area contributed by atoms with Crippen molar-refractivity contribution in [1.82, 2.24) is 9.72 Å². The first-order chi connectivity index (χ1) is 12.6. The van der Waals surface area contributed by atoms with E-state index in [0.29, 0.717) is 23.7 Å². The van der Waals surface area contributed by atoms with Gasteiger partial charge in [-0.05, 0) is 42.0 Å². The maximum absolute atomic E-state index is 12.5. The molecule has 3 aromatic rings. The Kier molecular flexibility index (Phi) is 5.81. The lowest BCUT2D eigenvalue weighted by Gasteiger charge is -2.18. The number of halogens is 1. The molecule has 136 valence electrons. The molecular formula is C20H22ClN3O2. The van der Waals surface area contributed by atoms with Crippen molar-refractivity contribution in [2.45, 2.75) is 6.54 Å². The molecule has 2 heterocycles. The number of aromatic nitrogens is 1. The average molecular weight is 372 g/mol. The van der Waals surface area contributed by atoms with Crippen molar-refractivity contribution < 1.29 is 9.53 Å². The van der Waals surface area contributed by atoms with Gasteiger partial charge in [0.2, 0.25) is 0 Å². The zero-order valence-corrected chi connectivity index (χ0v) is 15.7. The number of ether oxygens (including phenoxy) is 1. The van der Waals surface area contributed by atoms with Crippen LogP contribution in [0.5, 0.6) is 0 Å². The normalized spacial score (nSPS) is 10.9. The number of carbonyl (C=O) groups is 1. The van der Waals surface area contributed by atoms with Gasteiger partial charge in [0.15, 0.2) is 0 Å². The summed E-state index contributed by atoms with van der Waals surface area (Å²) >= 11 is 5.89. The third kappa shape index (κ3) is 4.18. The van der Waals surface area contributed by atoms with Crippen molar-refractivity contribution >= 4 is 28.8 Å². The molecule has 5 nitrogen and oxygen atoms in total. The van der Waals surface area contributed by atoms with E-state index in [1.807, 2.05) is 66.2 Å². The molecule has 1 N–H and O–H groups in total. The summed E-state index contributed by atoms with van der Waals surface area (Å²) in [6.45, 7) is 1.88. The number of hydrogen-bond donors (Lipinski definition) is 1. The van der Waals surface area contributed by atoms with Crippen molar-refractivity contribution in [1.29, 1.82) is 0 Å². The number of likely N-dealkylation sites (N-methyl/N-ethyl adjacent to an activating group) is 1. The summed E-state index contributed by atoms with van der Waals surface area (Å²) < 4.78 is 7.16. The highest BCUT2D eigenvalue weighted by Crippen LogP contribution is 2.19. The highest BCUT2D eigenvalue weighted by atomic mass is 35.5. The topological polar surface area (TPSA) is 46.0 Å². The van der Waals surface area contributed by atoms with E-state index < -0.39 is 0 Å². The third-order valence-corrected chi connectivity index (χ3v) is 4.53. The van der Waals surface area contributed by atoms with Gasteiger partial charge in [0, 0.05) is 44.0 Å². The second-order valence-corrected chi connectivity index (χ2v) is 6.56. The summed E-state index contributed by atoms with van der Waals surface area (Å²) in [5.41, 5.74) is 2.66. The number of methoxy groups -OCH3 is 1. The number of carbonyl (C=O) groups excluding carboxylic acids is 1. The molecule has 0 aliphatic heterocycles. The van der Waals surface area contributed by atoms with Crippen molar-refractivity contribution in [3.8, 4) is 0 Å². The lowest BCUT2D eigenvalue weighted by Crippen LogP contribution is -2.24. The lowest BCUT2D eigenvalue weighted by molar-refractivity contribution is 0.0950. The predicted octanol–water partition coefficient (Wildman–Crippen LogP) is 3.61. The van der Waals surface area contributed by atoms with Crippen molar-refractivity contribution in [2.24, 2.45) is 0 Å². The SMILES string of the molecule is COCCN(C)c1ccc2ccc(C(=O)NCc3ccc(Cl)cc3)cn12. The Morgan fingerprint density at radius 2 is 1.88 bits per heavy atom. The van der Waals surface area contributed by atoms with Crippen LogP contribution < -0.4 is 10.2 Å². The number of pyridine rings is 1. The predicted molar refractivity (Wildman–Crippen MR) is 105 cm³/mol. The van der Waals surface area contributed by atoms with Crippen LogP contribution in [0.25, 0.3) is 5.52 Å². The van der Waals surface area contributed by atoms with Crippen molar-refractivity contribution in [3.63, 3.8) is 0 Å². The number of nitrogens with zero attached hydrogens (tertiary/aromatic N) is 2. The van der Waals surface area contributed by atoms with E-state index in [-0.39, 0.29) is 5.91 Å². The van der Waals surface area contributed by atoms with Crippen LogP contribution in [0.4, 0.5) is 5.82 Å². The maximum atomic E-state index is 12.5. The van der Waals surface area contributed by atoms with Crippen molar-refractivity contribution in [3.05, 3.63) is 70.9 Å². The minimum absolute atomic E-state index is 0.110. The Morgan fingerprint density at radius 3 is 2.62 bits per heavy atom. The van der Waals surface area contributed by atoms with Gasteiger partial charge in [-0.2, -0.15) is 0 Å². The molecule has 0 fully saturated rings. The number of amides is 1. The van der Waals surface area contributed by atoms with Crippen LogP contribution in [-0.4, -0.2) is 37.6 Å². The fraction of sp³-hybridized carbons (Fsp3) is 0.250. The summed E-state index contributed by atoms with van der Waals surface area (Å²) in [5, 5.41) is 3.63. The van der Waals surface area contributed by atoms with E-state index in [4.69, 9.17) is 16.3 Å². The molecule has 0 unspecified atom stereocenters. The molecule has 6 heteroatoms. The van der Waals surface area contributed by atoms with Gasteiger partial charge >= 0.3 is 0 Å². The molecule has 2 aromatic heterocycles. The molecule has 0 spiro atoms. The van der Waals surface area contributed by atoms with E-state index in [0.717, 1.165) is 23.4 Å². The Labute approximate surface area is 158 Å². The van der Waals surface area contributed by atoms with Gasteiger partial charge in [0.05, 0.1) is 12.2 Å². The maximum Gasteiger partial charge on any atom is 0.253 e. The largest absolute Gasteiger partial charge is 0.383 e. The number of nitrogens with one attached hydrogen (secondary N) is 1. The minimum Gasteiger partial charge on any atom is -0.383 e. The van der Waals surface area contributed by atoms with Crippen LogP contribution in [0.2, 0.25) is 5.02 Å². The fourth-order valence-electron chi connectivity index (χ4n) is 2.76. The Bertz CT molecular complexity index is 890. The van der Waals surface area contributed by atoms with E-state index >= 15 is 0 Å². The first-order valence-corrected chi connectivity index (χ1v) is 8.80. The van der Waals surface area contributed by atoms with Crippen LogP contribution in [0.15, 0.2) is 54.7 Å². The summed E-state index contributed by atoms with van der Waals surface area (Å²) in [6, 6.07) is 15.3. The molecular weight excluding hydrogens is 350 g/mol. The van der Waals surface area contributed by atoms with Gasteiger partial charge in [-0.15, -0.1) is 0 Å². The molecule has 0 aliphatic carbocycles. The van der Waals surface area contributed by atoms with Crippen LogP contribution >= 0.6 is 11.6 Å². The van der Waals surface area contributed by atoms with Crippen LogP contribution in [0.3, 0.4) is 0 Å². The minimum atomic E-state index is -0.110. The summed E-state index contributed by atoms with van der Waals surface area (Å²) in [5.74, 6) is 0.908. The number of hydrogen-bond acceptors (Lipinski definition) is 3. The van der Waals surface area contributed by atoms with Gasteiger partial charge in [-0.3, -0.25) is 4.79 Å². The van der Waals surface area contributed by atoms with Gasteiger partial charge in [0.25, 0.3) is 5.91 Å². The quantitative estimate of drug-likeness (QED) is 0.690. The fourth-order valence-corrected chi connectivity index (χ4v) is 2.89. The molecule has 3 rings (SSSR count). The Hall–Kier alpha value is -2.50. The number of benzene rings is 1. The first-order valence-electron chi connectivity index (χ1n) is 8.42. The second kappa shape index (κ2) is 8.25. The second-order valence-electron chi connectivity index (χ2n) is 6.13. The van der Waals surface area contributed by atoms with Gasteiger partial charge in [0.1, 0.15) is 5.82 Å². The molecule has 26 heavy (non-hydrogen) atoms. The molecule has 0 atom stereocenters. The molecule has 1 aromatic carbocycles. The van der Waals surface area contributed by atoms with E-state index in [2.05, 4.69) is 10.2 Å². The first kappa shape index (κ1) is 18.3. The van der Waals surface area contributed by atoms with Crippen LogP contribution in [0.1, 0.15) is 15.9 Å². The summed E-state index contributed by atoms with van der Waals surface area (Å²) in [6.07, 6.45) is 1.87. The number of rotatable bonds is 7. The van der Waals surface area contributed by atoms with E-state index in [1.54, 1.807) is 7.11 Å². The summed E-state index contributed by atoms with van der Waals surface area (Å²) in [7, 11) is 3.70. The van der Waals surface area contributed by atoms with Crippen molar-refractivity contribution in [2.75, 3.05) is 32.2 Å².